The first-order valence-corrected chi connectivity index (χ1v) is 11.0. The monoisotopic (exact) mass is 459 g/mol. The predicted octanol–water partition coefficient (Wildman–Crippen LogP) is 2.39. The van der Waals surface area contributed by atoms with E-state index in [0.717, 1.165) is 16.9 Å². The highest BCUT2D eigenvalue weighted by molar-refractivity contribution is 7.16. The fraction of sp³-hybridized carbons (Fsp3) is 0.409. The Labute approximate surface area is 189 Å². The molecular formula is C22H25N3O6S. The van der Waals surface area contributed by atoms with Gasteiger partial charge >= 0.3 is 6.09 Å². The van der Waals surface area contributed by atoms with Crippen molar-refractivity contribution in [2.75, 3.05) is 32.1 Å². The quantitative estimate of drug-likeness (QED) is 0.516. The van der Waals surface area contributed by atoms with Gasteiger partial charge in [0.2, 0.25) is 5.91 Å². The lowest BCUT2D eigenvalue weighted by Gasteiger charge is -2.24. The van der Waals surface area contributed by atoms with Gasteiger partial charge in [-0.1, -0.05) is 0 Å². The van der Waals surface area contributed by atoms with Crippen molar-refractivity contribution >= 4 is 34.4 Å². The second-order valence-electron chi connectivity index (χ2n) is 7.56. The molecule has 0 aromatic carbocycles. The highest BCUT2D eigenvalue weighted by atomic mass is 32.1. The maximum atomic E-state index is 12.3. The first-order valence-electron chi connectivity index (χ1n) is 10.1. The third kappa shape index (κ3) is 5.97. The number of aliphatic hydroxyl groups is 2. The summed E-state index contributed by atoms with van der Waals surface area (Å²) in [4.78, 5) is 26.5. The lowest BCUT2D eigenvalue weighted by Crippen LogP contribution is -2.37. The van der Waals surface area contributed by atoms with Gasteiger partial charge in [0.05, 0.1) is 37.7 Å². The van der Waals surface area contributed by atoms with E-state index in [1.165, 1.54) is 35.6 Å². The van der Waals surface area contributed by atoms with Crippen LogP contribution in [0.15, 0.2) is 28.9 Å². The lowest BCUT2D eigenvalue weighted by atomic mass is 9.88. The Balaban J connectivity index is 1.58. The molecule has 0 fully saturated rings. The maximum absolute atomic E-state index is 12.3. The van der Waals surface area contributed by atoms with Crippen molar-refractivity contribution in [3.63, 3.8) is 0 Å². The number of hydrogen-bond donors (Lipinski definition) is 3. The molecule has 2 heterocycles. The van der Waals surface area contributed by atoms with Crippen LogP contribution in [0.3, 0.4) is 0 Å². The van der Waals surface area contributed by atoms with Crippen molar-refractivity contribution < 1.29 is 29.0 Å². The second kappa shape index (κ2) is 10.9. The van der Waals surface area contributed by atoms with Gasteiger partial charge in [0.25, 0.3) is 0 Å². The molecule has 0 spiro atoms. The lowest BCUT2D eigenvalue weighted by molar-refractivity contribution is -0.111. The molecule has 170 valence electrons. The first kappa shape index (κ1) is 23.5. The number of hydrogen-bond acceptors (Lipinski definition) is 8. The van der Waals surface area contributed by atoms with E-state index in [0.29, 0.717) is 29.2 Å². The molecule has 0 saturated carbocycles. The molecule has 0 radical (unpaired) electrons. The number of likely N-dealkylation sites (N-methyl/N-ethyl adjacent to an activating group) is 1. The van der Waals surface area contributed by atoms with Crippen molar-refractivity contribution in [1.29, 1.82) is 5.26 Å². The van der Waals surface area contributed by atoms with Crippen LogP contribution in [0, 0.1) is 17.2 Å². The van der Waals surface area contributed by atoms with E-state index < -0.39 is 18.8 Å². The number of amides is 2. The molecule has 2 atom stereocenters. The molecule has 1 aliphatic carbocycles. The van der Waals surface area contributed by atoms with E-state index in [4.69, 9.17) is 14.3 Å². The minimum atomic E-state index is -1.01. The normalized spacial score (nSPS) is 16.2. The van der Waals surface area contributed by atoms with Gasteiger partial charge in [-0.2, -0.15) is 5.26 Å². The Bertz CT molecular complexity index is 1010. The van der Waals surface area contributed by atoms with Gasteiger partial charge in [0.1, 0.15) is 16.8 Å². The number of carbonyl (C=O) groups excluding carboxylic acids is 2. The van der Waals surface area contributed by atoms with Gasteiger partial charge in [-0.15, -0.1) is 11.3 Å². The summed E-state index contributed by atoms with van der Waals surface area (Å²) in [7, 11) is 1.49. The summed E-state index contributed by atoms with van der Waals surface area (Å²) in [6.07, 6.45) is 4.90. The van der Waals surface area contributed by atoms with Crippen LogP contribution in [0.4, 0.5) is 9.80 Å². The Morgan fingerprint density at radius 1 is 1.53 bits per heavy atom. The Hall–Kier alpha value is -3.13. The van der Waals surface area contributed by atoms with Crippen LogP contribution in [0.1, 0.15) is 28.2 Å². The molecule has 9 nitrogen and oxygen atoms in total. The van der Waals surface area contributed by atoms with Gasteiger partial charge in [0.15, 0.2) is 0 Å². The SMILES string of the molecule is CN(CC(O)CO)C(=O)OCC1CCc2c(sc(NC(=O)C=Cc3ccco3)c2C#N)C1. The number of rotatable bonds is 8. The third-order valence-electron chi connectivity index (χ3n) is 5.11. The highest BCUT2D eigenvalue weighted by Gasteiger charge is 2.27. The number of nitriles is 1. The zero-order valence-corrected chi connectivity index (χ0v) is 18.4. The molecule has 1 aliphatic rings. The summed E-state index contributed by atoms with van der Waals surface area (Å²) in [6.45, 7) is -0.233. The van der Waals surface area contributed by atoms with Crippen LogP contribution in [0.5, 0.6) is 0 Å². The maximum Gasteiger partial charge on any atom is 0.409 e. The molecular weight excluding hydrogens is 434 g/mol. The van der Waals surface area contributed by atoms with Crippen LogP contribution in [-0.2, 0) is 22.4 Å². The van der Waals surface area contributed by atoms with Gasteiger partial charge < -0.3 is 29.6 Å². The summed E-state index contributed by atoms with van der Waals surface area (Å²) in [5, 5.41) is 31.2. The van der Waals surface area contributed by atoms with Gasteiger partial charge in [-0.05, 0) is 49.0 Å². The van der Waals surface area contributed by atoms with E-state index in [1.54, 1.807) is 18.2 Å². The molecule has 2 unspecified atom stereocenters. The summed E-state index contributed by atoms with van der Waals surface area (Å²) in [5.74, 6) is 0.297. The number of carbonyl (C=O) groups is 2. The van der Waals surface area contributed by atoms with Crippen LogP contribution in [0.25, 0.3) is 6.08 Å². The number of thiophene rings is 1. The van der Waals surface area contributed by atoms with Crippen molar-refractivity contribution in [2.24, 2.45) is 5.92 Å². The third-order valence-corrected chi connectivity index (χ3v) is 6.28. The highest BCUT2D eigenvalue weighted by Crippen LogP contribution is 2.39. The van der Waals surface area contributed by atoms with E-state index >= 15 is 0 Å². The molecule has 32 heavy (non-hydrogen) atoms. The van der Waals surface area contributed by atoms with E-state index in [-0.39, 0.29) is 25.0 Å². The largest absolute Gasteiger partial charge is 0.465 e. The Morgan fingerprint density at radius 3 is 3.03 bits per heavy atom. The minimum absolute atomic E-state index is 0.0158. The first-order chi connectivity index (χ1) is 15.4. The molecule has 3 rings (SSSR count). The van der Waals surface area contributed by atoms with Crippen LogP contribution in [0.2, 0.25) is 0 Å². The topological polar surface area (TPSA) is 136 Å². The molecule has 2 aromatic heterocycles. The smallest absolute Gasteiger partial charge is 0.409 e. The molecule has 0 saturated heterocycles. The summed E-state index contributed by atoms with van der Waals surface area (Å²) >= 11 is 1.37. The Kier molecular flexibility index (Phi) is 8.05. The van der Waals surface area contributed by atoms with Crippen molar-refractivity contribution in [3.8, 4) is 6.07 Å². The van der Waals surface area contributed by atoms with Crippen molar-refractivity contribution in [2.45, 2.75) is 25.4 Å². The summed E-state index contributed by atoms with van der Waals surface area (Å²) in [6, 6.07) is 5.65. The minimum Gasteiger partial charge on any atom is -0.465 e. The average molecular weight is 460 g/mol. The zero-order chi connectivity index (χ0) is 23.1. The number of nitrogens with one attached hydrogen (secondary N) is 1. The number of nitrogens with zero attached hydrogens (tertiary/aromatic N) is 2. The number of fused-ring (bicyclic) bond motifs is 1. The van der Waals surface area contributed by atoms with E-state index in [2.05, 4.69) is 11.4 Å². The summed E-state index contributed by atoms with van der Waals surface area (Å²) < 4.78 is 10.5. The van der Waals surface area contributed by atoms with Crippen molar-refractivity contribution in [1.82, 2.24) is 4.90 Å². The number of aliphatic hydroxyl groups excluding tert-OH is 2. The number of furan rings is 1. The standard InChI is InChI=1S/C22H25N3O6S/c1-25(11-15(27)12-26)22(29)31-13-14-4-6-17-18(10-23)21(32-19(17)9-14)24-20(28)7-5-16-3-2-8-30-16/h2-3,5,7-8,14-15,26-27H,4,6,9,11-13H2,1H3,(H,24,28). The zero-order valence-electron chi connectivity index (χ0n) is 17.6. The van der Waals surface area contributed by atoms with Crippen LogP contribution in [-0.4, -0.2) is 60.0 Å². The van der Waals surface area contributed by atoms with Crippen LogP contribution >= 0.6 is 11.3 Å². The molecule has 0 bridgehead atoms. The molecule has 0 aliphatic heterocycles. The molecule has 10 heteroatoms. The van der Waals surface area contributed by atoms with Crippen LogP contribution < -0.4 is 5.32 Å². The number of anilines is 1. The fourth-order valence-electron chi connectivity index (χ4n) is 3.45. The Morgan fingerprint density at radius 2 is 2.34 bits per heavy atom. The molecule has 2 amide bonds. The van der Waals surface area contributed by atoms with Gasteiger partial charge in [-0.25, -0.2) is 4.79 Å². The molecule has 2 aromatic rings. The predicted molar refractivity (Wildman–Crippen MR) is 118 cm³/mol. The summed E-state index contributed by atoms with van der Waals surface area (Å²) in [5.41, 5.74) is 1.42. The van der Waals surface area contributed by atoms with E-state index in [1.807, 2.05) is 0 Å². The van der Waals surface area contributed by atoms with Gasteiger partial charge in [0, 0.05) is 18.0 Å². The fourth-order valence-corrected chi connectivity index (χ4v) is 4.76. The van der Waals surface area contributed by atoms with Gasteiger partial charge in [-0.3, -0.25) is 4.79 Å². The van der Waals surface area contributed by atoms with E-state index in [9.17, 15) is 20.0 Å². The molecule has 3 N–H and O–H groups in total. The second-order valence-corrected chi connectivity index (χ2v) is 8.67. The number of ether oxygens (including phenoxy) is 1. The van der Waals surface area contributed by atoms with Crippen molar-refractivity contribution in [3.05, 3.63) is 46.2 Å². The average Bonchev–Trinajstić information content (AvgIpc) is 3.42.